The van der Waals surface area contributed by atoms with Gasteiger partial charge in [0.25, 0.3) is 0 Å². The smallest absolute Gasteiger partial charge is 0.341 e. The highest BCUT2D eigenvalue weighted by Crippen LogP contribution is 2.27. The summed E-state index contributed by atoms with van der Waals surface area (Å²) in [6, 6.07) is 5.01. The number of Topliss-reactive ketones (excluding diaryl/α,β-unsaturated/α-hetero) is 1. The molecule has 2 rings (SSSR count). The van der Waals surface area contributed by atoms with Crippen LogP contribution >= 0.6 is 11.6 Å². The monoisotopic (exact) mass is 277 g/mol. The molecule has 0 bridgehead atoms. The Morgan fingerprint density at radius 1 is 1.37 bits per heavy atom. The fourth-order valence-corrected chi connectivity index (χ4v) is 2.01. The molecule has 19 heavy (non-hydrogen) atoms. The van der Waals surface area contributed by atoms with Crippen molar-refractivity contribution in [1.82, 2.24) is 4.98 Å². The summed E-state index contributed by atoms with van der Waals surface area (Å²) in [6.07, 6.45) is 1.39. The molecule has 0 saturated carbocycles. The Morgan fingerprint density at radius 2 is 2.11 bits per heavy atom. The Hall–Kier alpha value is -1.94. The van der Waals surface area contributed by atoms with Gasteiger partial charge in [-0.25, -0.2) is 4.79 Å². The Kier molecular flexibility index (Phi) is 3.81. The number of halogens is 1. The third kappa shape index (κ3) is 2.58. The van der Waals surface area contributed by atoms with Crippen LogP contribution in [-0.4, -0.2) is 23.3 Å². The number of carbonyl (C=O) groups excluding carboxylic acids is 2. The number of esters is 1. The zero-order valence-corrected chi connectivity index (χ0v) is 11.3. The highest BCUT2D eigenvalue weighted by molar-refractivity contribution is 6.38. The van der Waals surface area contributed by atoms with E-state index in [2.05, 4.69) is 4.98 Å². The minimum absolute atomic E-state index is 0.0699. The van der Waals surface area contributed by atoms with E-state index >= 15 is 0 Å². The molecular weight excluding hydrogens is 266 g/mol. The van der Waals surface area contributed by atoms with E-state index in [-0.39, 0.29) is 23.0 Å². The molecule has 0 radical (unpaired) electrons. The number of pyridine rings is 1. The molecule has 0 fully saturated rings. The van der Waals surface area contributed by atoms with Gasteiger partial charge in [0.15, 0.2) is 5.78 Å². The Bertz CT molecular complexity index is 667. The van der Waals surface area contributed by atoms with Gasteiger partial charge in [-0.1, -0.05) is 11.6 Å². The van der Waals surface area contributed by atoms with Gasteiger partial charge in [-0.2, -0.15) is 0 Å². The van der Waals surface area contributed by atoms with Crippen molar-refractivity contribution in [3.63, 3.8) is 0 Å². The van der Waals surface area contributed by atoms with E-state index in [4.69, 9.17) is 16.3 Å². The first-order valence-corrected chi connectivity index (χ1v) is 6.18. The van der Waals surface area contributed by atoms with Gasteiger partial charge in [0, 0.05) is 17.1 Å². The van der Waals surface area contributed by atoms with Crippen LogP contribution in [0.3, 0.4) is 0 Å². The number of rotatable bonds is 3. The first-order valence-electron chi connectivity index (χ1n) is 5.81. The SMILES string of the molecule is CCOC(=O)c1cnc2ccc(C(C)=O)cc2c1Cl. The van der Waals surface area contributed by atoms with Crippen molar-refractivity contribution in [3.8, 4) is 0 Å². The second-order valence-corrected chi connectivity index (χ2v) is 4.37. The summed E-state index contributed by atoms with van der Waals surface area (Å²) < 4.78 is 4.91. The second kappa shape index (κ2) is 5.36. The quantitative estimate of drug-likeness (QED) is 0.638. The van der Waals surface area contributed by atoms with Gasteiger partial charge in [-0.05, 0) is 32.0 Å². The summed E-state index contributed by atoms with van der Waals surface area (Å²) in [5.41, 5.74) is 1.36. The Labute approximate surface area is 115 Å². The van der Waals surface area contributed by atoms with Gasteiger partial charge in [-0.15, -0.1) is 0 Å². The van der Waals surface area contributed by atoms with E-state index in [0.29, 0.717) is 16.5 Å². The van der Waals surface area contributed by atoms with Gasteiger partial charge < -0.3 is 4.74 Å². The van der Waals surface area contributed by atoms with Crippen LogP contribution in [0.1, 0.15) is 34.6 Å². The van der Waals surface area contributed by atoms with E-state index in [9.17, 15) is 9.59 Å². The van der Waals surface area contributed by atoms with Crippen LogP contribution in [0.15, 0.2) is 24.4 Å². The van der Waals surface area contributed by atoms with Gasteiger partial charge in [0.2, 0.25) is 0 Å². The average Bonchev–Trinajstić information content (AvgIpc) is 2.39. The minimum atomic E-state index is -0.518. The molecule has 4 nitrogen and oxygen atoms in total. The second-order valence-electron chi connectivity index (χ2n) is 3.99. The first kappa shape index (κ1) is 13.5. The largest absolute Gasteiger partial charge is 0.462 e. The number of benzene rings is 1. The maximum atomic E-state index is 11.7. The fraction of sp³-hybridized carbons (Fsp3) is 0.214. The molecule has 0 atom stereocenters. The number of hydrogen-bond donors (Lipinski definition) is 0. The number of aromatic nitrogens is 1. The lowest BCUT2D eigenvalue weighted by atomic mass is 10.1. The number of ketones is 1. The topological polar surface area (TPSA) is 56.3 Å². The van der Waals surface area contributed by atoms with E-state index in [1.54, 1.807) is 25.1 Å². The van der Waals surface area contributed by atoms with E-state index in [1.807, 2.05) is 0 Å². The molecule has 98 valence electrons. The maximum Gasteiger partial charge on any atom is 0.341 e. The van der Waals surface area contributed by atoms with Crippen LogP contribution < -0.4 is 0 Å². The van der Waals surface area contributed by atoms with Crippen LogP contribution in [0.25, 0.3) is 10.9 Å². The van der Waals surface area contributed by atoms with Crippen molar-refractivity contribution in [1.29, 1.82) is 0 Å². The van der Waals surface area contributed by atoms with Gasteiger partial charge >= 0.3 is 5.97 Å². The normalized spacial score (nSPS) is 10.5. The van der Waals surface area contributed by atoms with Crippen LogP contribution in [-0.2, 0) is 4.74 Å². The van der Waals surface area contributed by atoms with Crippen molar-refractivity contribution in [2.75, 3.05) is 6.61 Å². The minimum Gasteiger partial charge on any atom is -0.462 e. The summed E-state index contributed by atoms with van der Waals surface area (Å²) in [4.78, 5) is 27.2. The van der Waals surface area contributed by atoms with E-state index < -0.39 is 5.97 Å². The maximum absolute atomic E-state index is 11.7. The Balaban J connectivity index is 2.61. The van der Waals surface area contributed by atoms with Crippen molar-refractivity contribution < 1.29 is 14.3 Å². The number of carbonyl (C=O) groups is 2. The molecular formula is C14H12ClNO3. The summed E-state index contributed by atoms with van der Waals surface area (Å²) >= 11 is 6.20. The number of fused-ring (bicyclic) bond motifs is 1. The Morgan fingerprint density at radius 3 is 2.74 bits per heavy atom. The molecule has 0 N–H and O–H groups in total. The molecule has 2 aromatic rings. The fourth-order valence-electron chi connectivity index (χ4n) is 1.73. The lowest BCUT2D eigenvalue weighted by Crippen LogP contribution is -2.06. The third-order valence-electron chi connectivity index (χ3n) is 2.70. The lowest BCUT2D eigenvalue weighted by molar-refractivity contribution is 0.0526. The molecule has 0 saturated heterocycles. The zero-order valence-electron chi connectivity index (χ0n) is 10.6. The highest BCUT2D eigenvalue weighted by Gasteiger charge is 2.15. The van der Waals surface area contributed by atoms with Crippen molar-refractivity contribution >= 4 is 34.3 Å². The van der Waals surface area contributed by atoms with E-state index in [0.717, 1.165) is 0 Å². The lowest BCUT2D eigenvalue weighted by Gasteiger charge is -2.07. The van der Waals surface area contributed by atoms with Gasteiger partial charge in [0.1, 0.15) is 0 Å². The zero-order chi connectivity index (χ0) is 14.0. The van der Waals surface area contributed by atoms with Crippen molar-refractivity contribution in [2.45, 2.75) is 13.8 Å². The summed E-state index contributed by atoms with van der Waals surface area (Å²) in [7, 11) is 0. The molecule has 0 unspecified atom stereocenters. The molecule has 0 aliphatic carbocycles. The molecule has 0 aliphatic rings. The van der Waals surface area contributed by atoms with E-state index in [1.165, 1.54) is 13.1 Å². The van der Waals surface area contributed by atoms with Gasteiger partial charge in [0.05, 0.1) is 22.7 Å². The molecule has 0 amide bonds. The molecule has 0 aliphatic heterocycles. The number of nitrogens with zero attached hydrogens (tertiary/aromatic N) is 1. The molecule has 0 spiro atoms. The van der Waals surface area contributed by atoms with Crippen LogP contribution in [0, 0.1) is 0 Å². The molecule has 5 heteroatoms. The number of ether oxygens (including phenoxy) is 1. The summed E-state index contributed by atoms with van der Waals surface area (Å²) in [6.45, 7) is 3.45. The number of hydrogen-bond acceptors (Lipinski definition) is 4. The van der Waals surface area contributed by atoms with Crippen molar-refractivity contribution in [2.24, 2.45) is 0 Å². The standard InChI is InChI=1S/C14H12ClNO3/c1-3-19-14(18)11-7-16-12-5-4-9(8(2)17)6-10(12)13(11)15/h4-7H,3H2,1-2H3. The van der Waals surface area contributed by atoms with Crippen LogP contribution in [0.5, 0.6) is 0 Å². The summed E-state index contributed by atoms with van der Waals surface area (Å²) in [5, 5.41) is 0.825. The summed E-state index contributed by atoms with van der Waals surface area (Å²) in [5.74, 6) is -0.588. The molecule has 1 aromatic carbocycles. The first-order chi connectivity index (χ1) is 9.04. The molecule has 1 heterocycles. The predicted octanol–water partition coefficient (Wildman–Crippen LogP) is 3.27. The van der Waals surface area contributed by atoms with Crippen LogP contribution in [0.2, 0.25) is 5.02 Å². The highest BCUT2D eigenvalue weighted by atomic mass is 35.5. The molecule has 1 aromatic heterocycles. The van der Waals surface area contributed by atoms with Gasteiger partial charge in [-0.3, -0.25) is 9.78 Å². The predicted molar refractivity (Wildman–Crippen MR) is 72.7 cm³/mol. The average molecular weight is 278 g/mol. The van der Waals surface area contributed by atoms with Crippen LogP contribution in [0.4, 0.5) is 0 Å². The third-order valence-corrected chi connectivity index (χ3v) is 3.11. The van der Waals surface area contributed by atoms with Crippen molar-refractivity contribution in [3.05, 3.63) is 40.5 Å².